The van der Waals surface area contributed by atoms with Gasteiger partial charge in [-0.05, 0) is 25.7 Å². The van der Waals surface area contributed by atoms with Gasteiger partial charge in [-0.1, -0.05) is 13.3 Å². The minimum Gasteiger partial charge on any atom is -0.325 e. The molecule has 0 aliphatic rings. The highest BCUT2D eigenvalue weighted by molar-refractivity contribution is 7.32. The van der Waals surface area contributed by atoms with Crippen molar-refractivity contribution < 1.29 is 14.0 Å². The fourth-order valence-corrected chi connectivity index (χ4v) is 2.99. The fourth-order valence-electron chi connectivity index (χ4n) is 2.71. The van der Waals surface area contributed by atoms with Gasteiger partial charge in [-0.2, -0.15) is 0 Å². The SMILES string of the molecule is CCCCn1cnc2c1c(=O)n(CCCCCO[P+](=O)O)c(=O)n2C. The zero-order valence-corrected chi connectivity index (χ0v) is 15.4. The van der Waals surface area contributed by atoms with E-state index in [9.17, 15) is 14.2 Å². The van der Waals surface area contributed by atoms with Gasteiger partial charge in [0.25, 0.3) is 5.56 Å². The first-order valence-corrected chi connectivity index (χ1v) is 9.54. The second-order valence-corrected chi connectivity index (χ2v) is 6.63. The van der Waals surface area contributed by atoms with Crippen LogP contribution in [-0.2, 0) is 29.2 Å². The van der Waals surface area contributed by atoms with Gasteiger partial charge in [0, 0.05) is 24.7 Å². The van der Waals surface area contributed by atoms with Crippen molar-refractivity contribution in [3.63, 3.8) is 0 Å². The lowest BCUT2D eigenvalue weighted by molar-refractivity contribution is 0.273. The molecule has 0 fully saturated rings. The van der Waals surface area contributed by atoms with Crippen LogP contribution in [-0.4, -0.2) is 30.2 Å². The van der Waals surface area contributed by atoms with E-state index >= 15 is 0 Å². The van der Waals surface area contributed by atoms with Gasteiger partial charge in [0.05, 0.1) is 6.33 Å². The average molecular weight is 371 g/mol. The Labute approximate surface area is 145 Å². The summed E-state index contributed by atoms with van der Waals surface area (Å²) in [5.41, 5.74) is 0.160. The Balaban J connectivity index is 2.17. The van der Waals surface area contributed by atoms with Crippen molar-refractivity contribution in [2.24, 2.45) is 7.05 Å². The molecule has 2 rings (SSSR count). The minimum atomic E-state index is -2.57. The summed E-state index contributed by atoms with van der Waals surface area (Å²) in [5.74, 6) is 0. The average Bonchev–Trinajstić information content (AvgIpc) is 3.00. The largest absolute Gasteiger partial charge is 0.694 e. The number of imidazole rings is 1. The van der Waals surface area contributed by atoms with E-state index in [0.717, 1.165) is 12.8 Å². The molecule has 2 aromatic rings. The Morgan fingerprint density at radius 3 is 2.64 bits per heavy atom. The van der Waals surface area contributed by atoms with Crippen molar-refractivity contribution in [2.75, 3.05) is 6.61 Å². The summed E-state index contributed by atoms with van der Waals surface area (Å²) in [6, 6.07) is 0. The minimum absolute atomic E-state index is 0.182. The van der Waals surface area contributed by atoms with E-state index in [1.54, 1.807) is 13.4 Å². The molecule has 1 atom stereocenters. The lowest BCUT2D eigenvalue weighted by atomic mass is 10.2. The number of hydrogen-bond acceptors (Lipinski definition) is 5. The number of nitrogens with zero attached hydrogens (tertiary/aromatic N) is 4. The quantitative estimate of drug-likeness (QED) is 0.501. The molecule has 2 aromatic heterocycles. The number of hydrogen-bond donors (Lipinski definition) is 1. The van der Waals surface area contributed by atoms with Crippen molar-refractivity contribution >= 4 is 19.4 Å². The highest BCUT2D eigenvalue weighted by Gasteiger charge is 2.16. The van der Waals surface area contributed by atoms with Crippen LogP contribution in [0.15, 0.2) is 15.9 Å². The number of aromatic nitrogens is 4. The lowest BCUT2D eigenvalue weighted by Crippen LogP contribution is -2.39. The first-order valence-electron chi connectivity index (χ1n) is 8.41. The van der Waals surface area contributed by atoms with Gasteiger partial charge in [0.15, 0.2) is 11.2 Å². The van der Waals surface area contributed by atoms with Crippen LogP contribution in [0.4, 0.5) is 0 Å². The van der Waals surface area contributed by atoms with Crippen molar-refractivity contribution in [3.05, 3.63) is 27.2 Å². The van der Waals surface area contributed by atoms with Gasteiger partial charge in [0.2, 0.25) is 0 Å². The molecular formula is C15H24N4O5P+. The molecule has 0 spiro atoms. The molecule has 0 saturated carbocycles. The molecule has 1 unspecified atom stereocenters. The number of rotatable bonds is 10. The van der Waals surface area contributed by atoms with Crippen LogP contribution in [0.3, 0.4) is 0 Å². The zero-order valence-electron chi connectivity index (χ0n) is 14.6. The monoisotopic (exact) mass is 371 g/mol. The van der Waals surface area contributed by atoms with Gasteiger partial charge < -0.3 is 4.57 Å². The third-order valence-electron chi connectivity index (χ3n) is 4.08. The third-order valence-corrected chi connectivity index (χ3v) is 4.49. The molecule has 0 radical (unpaired) electrons. The molecule has 0 amide bonds. The van der Waals surface area contributed by atoms with Crippen LogP contribution >= 0.6 is 8.25 Å². The maximum Gasteiger partial charge on any atom is 0.694 e. The summed E-state index contributed by atoms with van der Waals surface area (Å²) in [7, 11) is -0.957. The van der Waals surface area contributed by atoms with Gasteiger partial charge in [0.1, 0.15) is 6.61 Å². The van der Waals surface area contributed by atoms with Gasteiger partial charge in [-0.25, -0.2) is 9.78 Å². The summed E-state index contributed by atoms with van der Waals surface area (Å²) in [6.07, 6.45) is 5.43. The lowest BCUT2D eigenvalue weighted by Gasteiger charge is -2.09. The van der Waals surface area contributed by atoms with Crippen molar-refractivity contribution in [2.45, 2.75) is 52.1 Å². The Morgan fingerprint density at radius 2 is 1.96 bits per heavy atom. The molecule has 1 N–H and O–H groups in total. The van der Waals surface area contributed by atoms with Gasteiger partial charge >= 0.3 is 13.9 Å². The maximum atomic E-state index is 12.7. The van der Waals surface area contributed by atoms with Crippen molar-refractivity contribution in [3.8, 4) is 0 Å². The van der Waals surface area contributed by atoms with Crippen molar-refractivity contribution in [1.29, 1.82) is 0 Å². The molecule has 0 aliphatic carbocycles. The topological polar surface area (TPSA) is 108 Å². The van der Waals surface area contributed by atoms with E-state index in [1.165, 1.54) is 9.13 Å². The molecule has 25 heavy (non-hydrogen) atoms. The predicted octanol–water partition coefficient (Wildman–Crippen LogP) is 1.53. The molecule has 0 saturated heterocycles. The highest BCUT2D eigenvalue weighted by Crippen LogP contribution is 2.15. The first-order chi connectivity index (χ1) is 12.0. The summed E-state index contributed by atoms with van der Waals surface area (Å²) in [6.45, 7) is 3.24. The van der Waals surface area contributed by atoms with Gasteiger partial charge in [-0.3, -0.25) is 13.9 Å². The zero-order chi connectivity index (χ0) is 18.4. The van der Waals surface area contributed by atoms with Crippen LogP contribution in [0.1, 0.15) is 39.0 Å². The summed E-state index contributed by atoms with van der Waals surface area (Å²) < 4.78 is 19.4. The molecule has 0 aliphatic heterocycles. The van der Waals surface area contributed by atoms with Crippen LogP contribution in [0, 0.1) is 0 Å². The second kappa shape index (κ2) is 9.03. The van der Waals surface area contributed by atoms with E-state index < -0.39 is 8.25 Å². The van der Waals surface area contributed by atoms with Crippen LogP contribution in [0.25, 0.3) is 11.2 Å². The normalized spacial score (nSPS) is 12.0. The molecule has 138 valence electrons. The Hall–Kier alpha value is -1.83. The number of fused-ring (bicyclic) bond motifs is 1. The number of aryl methyl sites for hydroxylation is 2. The molecule has 0 bridgehead atoms. The predicted molar refractivity (Wildman–Crippen MR) is 93.8 cm³/mol. The molecular weight excluding hydrogens is 347 g/mol. The Kier molecular flexibility index (Phi) is 7.04. The van der Waals surface area contributed by atoms with Gasteiger partial charge in [-0.15, -0.1) is 9.42 Å². The highest BCUT2D eigenvalue weighted by atomic mass is 31.1. The fraction of sp³-hybridized carbons (Fsp3) is 0.667. The standard InChI is InChI=1S/C15H23N4O5P/c1-3-4-8-18-11-16-13-12(18)14(20)19(15(21)17(13)2)9-6-5-7-10-24-25(22)23/h11H,3-10H2,1-2H3/p+1. The molecule has 10 heteroatoms. The summed E-state index contributed by atoms with van der Waals surface area (Å²) in [4.78, 5) is 37.9. The van der Waals surface area contributed by atoms with Crippen LogP contribution < -0.4 is 11.2 Å². The molecule has 2 heterocycles. The van der Waals surface area contributed by atoms with E-state index in [1.807, 2.05) is 4.57 Å². The Bertz CT molecular complexity index is 854. The van der Waals surface area contributed by atoms with Crippen LogP contribution in [0.2, 0.25) is 0 Å². The van der Waals surface area contributed by atoms with Crippen LogP contribution in [0.5, 0.6) is 0 Å². The Morgan fingerprint density at radius 1 is 1.20 bits per heavy atom. The first kappa shape index (κ1) is 19.5. The second-order valence-electron chi connectivity index (χ2n) is 5.89. The summed E-state index contributed by atoms with van der Waals surface area (Å²) in [5, 5.41) is 0. The van der Waals surface area contributed by atoms with E-state index in [0.29, 0.717) is 43.5 Å². The molecule has 9 nitrogen and oxygen atoms in total. The third kappa shape index (κ3) is 4.62. The maximum absolute atomic E-state index is 12.7. The number of unbranched alkanes of at least 4 members (excludes halogenated alkanes) is 3. The van der Waals surface area contributed by atoms with E-state index in [4.69, 9.17) is 4.89 Å². The van der Waals surface area contributed by atoms with Crippen molar-refractivity contribution in [1.82, 2.24) is 18.7 Å². The molecule has 0 aromatic carbocycles. The summed E-state index contributed by atoms with van der Waals surface area (Å²) >= 11 is 0. The van der Waals surface area contributed by atoms with E-state index in [2.05, 4.69) is 16.4 Å². The van der Waals surface area contributed by atoms with E-state index in [-0.39, 0.29) is 17.9 Å². The smallest absolute Gasteiger partial charge is 0.325 e.